The van der Waals surface area contributed by atoms with Crippen LogP contribution in [0.1, 0.15) is 149 Å². The second-order valence-electron chi connectivity index (χ2n) is 17.1. The average Bonchev–Trinajstić information content (AvgIpc) is 3.26. The Balaban J connectivity index is 4.49. The molecule has 0 saturated heterocycles. The molecule has 0 rings (SSSR count). The van der Waals surface area contributed by atoms with Gasteiger partial charge in [0.25, 0.3) is 0 Å². The van der Waals surface area contributed by atoms with E-state index in [2.05, 4.69) is 153 Å². The fourth-order valence-electron chi connectivity index (χ4n) is 5.89. The van der Waals surface area contributed by atoms with E-state index in [9.17, 15) is 19.4 Å². The molecule has 0 fully saturated rings. The highest BCUT2D eigenvalue weighted by Gasteiger charge is 2.27. The van der Waals surface area contributed by atoms with Gasteiger partial charge in [0.2, 0.25) is 5.91 Å². The van der Waals surface area contributed by atoms with Crippen molar-refractivity contribution >= 4 is 13.7 Å². The first-order valence-electron chi connectivity index (χ1n) is 24.7. The number of hydrogen-bond donors (Lipinski definition) is 3. The molecule has 0 spiro atoms. The smallest absolute Gasteiger partial charge is 0.387 e. The number of rotatable bonds is 42. The molecule has 0 aromatic heterocycles. The van der Waals surface area contributed by atoms with Gasteiger partial charge in [0.15, 0.2) is 0 Å². The summed E-state index contributed by atoms with van der Waals surface area (Å²) in [5.41, 5.74) is 0. The van der Waals surface area contributed by atoms with Gasteiger partial charge in [0, 0.05) is 6.42 Å². The van der Waals surface area contributed by atoms with Crippen LogP contribution in [0.5, 0.6) is 0 Å². The number of quaternary nitrogens is 1. The molecule has 3 N–H and O–H groups in total. The van der Waals surface area contributed by atoms with E-state index < -0.39 is 20.0 Å². The van der Waals surface area contributed by atoms with E-state index in [0.29, 0.717) is 17.4 Å². The van der Waals surface area contributed by atoms with Crippen molar-refractivity contribution in [1.29, 1.82) is 0 Å². The van der Waals surface area contributed by atoms with Gasteiger partial charge < -0.3 is 19.8 Å². The van der Waals surface area contributed by atoms with Crippen molar-refractivity contribution in [2.24, 2.45) is 0 Å². The molecule has 65 heavy (non-hydrogen) atoms. The van der Waals surface area contributed by atoms with Crippen molar-refractivity contribution in [3.8, 4) is 0 Å². The van der Waals surface area contributed by atoms with Crippen molar-refractivity contribution in [2.75, 3.05) is 40.9 Å². The lowest BCUT2D eigenvalue weighted by Crippen LogP contribution is -2.45. The second kappa shape index (κ2) is 45.5. The Morgan fingerprint density at radius 3 is 1.38 bits per heavy atom. The Hall–Kier alpha value is -3.62. The predicted octanol–water partition coefficient (Wildman–Crippen LogP) is 14.6. The molecule has 8 nitrogen and oxygen atoms in total. The fraction of sp³-hybridized carbons (Fsp3) is 0.554. The number of amides is 1. The third-order valence-electron chi connectivity index (χ3n) is 9.77. The number of allylic oxidation sites excluding steroid dienone is 23. The maximum absolute atomic E-state index is 12.9. The van der Waals surface area contributed by atoms with E-state index in [1.54, 1.807) is 6.08 Å². The summed E-state index contributed by atoms with van der Waals surface area (Å²) in [5.74, 6) is -0.258. The third kappa shape index (κ3) is 48.1. The summed E-state index contributed by atoms with van der Waals surface area (Å²) in [7, 11) is 1.48. The van der Waals surface area contributed by atoms with E-state index in [1.807, 2.05) is 27.2 Å². The van der Waals surface area contributed by atoms with Crippen LogP contribution in [0.3, 0.4) is 0 Å². The van der Waals surface area contributed by atoms with Crippen LogP contribution >= 0.6 is 7.82 Å². The second-order valence-corrected chi connectivity index (χ2v) is 18.5. The molecule has 1 amide bonds. The Kier molecular flexibility index (Phi) is 43.0. The summed E-state index contributed by atoms with van der Waals surface area (Å²) in [6.07, 6.45) is 70.8. The number of aliphatic hydroxyl groups excluding tert-OH is 1. The summed E-state index contributed by atoms with van der Waals surface area (Å²) in [4.78, 5) is 23.1. The van der Waals surface area contributed by atoms with Gasteiger partial charge in [-0.05, 0) is 109 Å². The van der Waals surface area contributed by atoms with Crippen LogP contribution in [0.15, 0.2) is 146 Å². The SMILES string of the molecule is CC/C=C\C/C=C\C/C=C\C/C=C\C/C=C\C/C=C\C/C=C\C/C=C\C/C=C\CCCC(=O)NC(COP(=O)(O)OCC[N+](C)(C)C)C(O)/C=C/CC/C=C/CC/C=C/CCCCCC. The normalized spacial score (nSPS) is 15.4. The zero-order valence-corrected chi connectivity index (χ0v) is 42.3. The zero-order valence-electron chi connectivity index (χ0n) is 41.4. The van der Waals surface area contributed by atoms with Gasteiger partial charge in [-0.1, -0.05) is 179 Å². The molecular formula is C56H92N2O6P+. The maximum atomic E-state index is 12.9. The summed E-state index contributed by atoms with van der Waals surface area (Å²) < 4.78 is 23.5. The fourth-order valence-corrected chi connectivity index (χ4v) is 6.63. The quantitative estimate of drug-likeness (QED) is 0.0244. The van der Waals surface area contributed by atoms with Gasteiger partial charge in [-0.2, -0.15) is 0 Å². The number of unbranched alkanes of at least 4 members (excludes halogenated alkanes) is 7. The van der Waals surface area contributed by atoms with Crippen molar-refractivity contribution in [2.45, 2.75) is 161 Å². The van der Waals surface area contributed by atoms with Gasteiger partial charge in [0.05, 0.1) is 39.9 Å². The number of aliphatic hydroxyl groups is 1. The van der Waals surface area contributed by atoms with Crippen LogP contribution < -0.4 is 5.32 Å². The summed E-state index contributed by atoms with van der Waals surface area (Å²) >= 11 is 0. The van der Waals surface area contributed by atoms with Crippen molar-refractivity contribution in [3.05, 3.63) is 146 Å². The molecule has 0 aliphatic heterocycles. The van der Waals surface area contributed by atoms with Gasteiger partial charge in [-0.15, -0.1) is 0 Å². The number of nitrogens with zero attached hydrogens (tertiary/aromatic N) is 1. The van der Waals surface area contributed by atoms with Gasteiger partial charge in [0.1, 0.15) is 13.2 Å². The molecule has 0 bridgehead atoms. The molecule has 0 heterocycles. The van der Waals surface area contributed by atoms with E-state index in [4.69, 9.17) is 9.05 Å². The van der Waals surface area contributed by atoms with Crippen molar-refractivity contribution in [1.82, 2.24) is 5.32 Å². The maximum Gasteiger partial charge on any atom is 0.472 e. The minimum absolute atomic E-state index is 0.0334. The number of phosphoric acid groups is 1. The summed E-state index contributed by atoms with van der Waals surface area (Å²) in [5, 5.41) is 13.8. The van der Waals surface area contributed by atoms with Crippen LogP contribution in [0.25, 0.3) is 0 Å². The number of carbonyl (C=O) groups excluding carboxylic acids is 1. The van der Waals surface area contributed by atoms with E-state index >= 15 is 0 Å². The Morgan fingerprint density at radius 1 is 0.538 bits per heavy atom. The molecule has 3 unspecified atom stereocenters. The first-order valence-corrected chi connectivity index (χ1v) is 26.2. The summed E-state index contributed by atoms with van der Waals surface area (Å²) in [6, 6.07) is -0.911. The monoisotopic (exact) mass is 920 g/mol. The highest BCUT2D eigenvalue weighted by atomic mass is 31.2. The van der Waals surface area contributed by atoms with Crippen molar-refractivity contribution < 1.29 is 32.9 Å². The minimum Gasteiger partial charge on any atom is -0.387 e. The molecule has 0 saturated carbocycles. The minimum atomic E-state index is -4.38. The van der Waals surface area contributed by atoms with E-state index in [-0.39, 0.29) is 25.5 Å². The third-order valence-corrected chi connectivity index (χ3v) is 10.8. The lowest BCUT2D eigenvalue weighted by atomic mass is 10.1. The zero-order chi connectivity index (χ0) is 47.8. The molecule has 9 heteroatoms. The molecule has 0 aromatic carbocycles. The number of likely N-dealkylation sites (N-methyl/N-ethyl adjacent to an activating group) is 1. The van der Waals surface area contributed by atoms with Crippen LogP contribution in [0.2, 0.25) is 0 Å². The first kappa shape index (κ1) is 61.4. The van der Waals surface area contributed by atoms with Crippen LogP contribution in [-0.4, -0.2) is 73.4 Å². The first-order chi connectivity index (χ1) is 31.5. The molecule has 3 atom stereocenters. The number of nitrogens with one attached hydrogen (secondary N) is 1. The largest absolute Gasteiger partial charge is 0.472 e. The van der Waals surface area contributed by atoms with Gasteiger partial charge in [-0.25, -0.2) is 4.57 Å². The highest BCUT2D eigenvalue weighted by molar-refractivity contribution is 7.47. The topological polar surface area (TPSA) is 105 Å². The van der Waals surface area contributed by atoms with E-state index in [1.165, 1.54) is 25.7 Å². The molecular weight excluding hydrogens is 828 g/mol. The Morgan fingerprint density at radius 2 is 0.938 bits per heavy atom. The van der Waals surface area contributed by atoms with E-state index in [0.717, 1.165) is 96.3 Å². The number of phosphoric ester groups is 1. The predicted molar refractivity (Wildman–Crippen MR) is 281 cm³/mol. The lowest BCUT2D eigenvalue weighted by molar-refractivity contribution is -0.870. The molecule has 0 aliphatic carbocycles. The molecule has 0 radical (unpaired) electrons. The van der Waals surface area contributed by atoms with Crippen LogP contribution in [0, 0.1) is 0 Å². The standard InChI is InChI=1S/C56H91N2O6P/c1-6-8-10-12-14-16-18-20-22-23-24-25-26-27-28-29-30-31-32-33-34-35-36-38-40-42-44-46-48-50-56(60)57-54(53-64-65(61,62)63-52-51-58(3,4)5)55(59)49-47-45-43-41-39-37-21-19-17-15-13-11-9-7-2/h8,10,14,16-17,19-20,22,24-25,27-28,30-31,33-34,36,38-39,41-42,44,47,49,54-55,59H,6-7,9,11-13,15,18,21,23,26,29,32,35,37,40,43,45-46,48,50-53H2,1-5H3,(H-,57,60,61,62)/p+1/b10-8-,16-14-,19-17+,22-20-,25-24-,28-27-,31-30-,34-33-,38-36-,41-39+,44-42-,49-47+. The number of carbonyl (C=O) groups is 1. The molecule has 366 valence electrons. The molecule has 0 aromatic rings. The van der Waals surface area contributed by atoms with Crippen molar-refractivity contribution in [3.63, 3.8) is 0 Å². The molecule has 0 aliphatic rings. The van der Waals surface area contributed by atoms with Gasteiger partial charge in [-0.3, -0.25) is 13.8 Å². The van der Waals surface area contributed by atoms with Crippen LogP contribution in [-0.2, 0) is 18.4 Å². The summed E-state index contributed by atoms with van der Waals surface area (Å²) in [6.45, 7) is 4.56. The lowest BCUT2D eigenvalue weighted by Gasteiger charge is -2.25. The Labute approximate surface area is 398 Å². The average molecular weight is 920 g/mol. The van der Waals surface area contributed by atoms with Gasteiger partial charge >= 0.3 is 7.82 Å². The number of hydrogen-bond acceptors (Lipinski definition) is 5. The Bertz CT molecular complexity index is 1560. The highest BCUT2D eigenvalue weighted by Crippen LogP contribution is 2.43. The van der Waals surface area contributed by atoms with Crippen LogP contribution in [0.4, 0.5) is 0 Å².